The molecule has 1 atom stereocenters. The van der Waals surface area contributed by atoms with Gasteiger partial charge in [0.25, 0.3) is 17.4 Å². The molecule has 33 heavy (non-hydrogen) atoms. The monoisotopic (exact) mass is 453 g/mol. The fourth-order valence-electron chi connectivity index (χ4n) is 4.03. The molecule has 11 heteroatoms. The summed E-state index contributed by atoms with van der Waals surface area (Å²) in [4.78, 5) is 68.2. The normalized spacial score (nSPS) is 14.3. The molecule has 1 aromatic carbocycles. The van der Waals surface area contributed by atoms with E-state index < -0.39 is 35.1 Å². The second-order valence-corrected chi connectivity index (χ2v) is 8.20. The maximum atomic E-state index is 12.9. The highest BCUT2D eigenvalue weighted by Gasteiger charge is 2.44. The number of esters is 1. The lowest BCUT2D eigenvalue weighted by Gasteiger charge is -2.27. The van der Waals surface area contributed by atoms with E-state index in [1.165, 1.54) is 29.6 Å². The topological polar surface area (TPSA) is 126 Å². The second kappa shape index (κ2) is 8.15. The third kappa shape index (κ3) is 3.45. The van der Waals surface area contributed by atoms with Crippen molar-refractivity contribution >= 4 is 28.9 Å². The lowest BCUT2D eigenvalue weighted by molar-refractivity contribution is -0.150. The van der Waals surface area contributed by atoms with E-state index in [1.807, 2.05) is 0 Å². The van der Waals surface area contributed by atoms with Gasteiger partial charge in [-0.3, -0.25) is 28.4 Å². The molecule has 1 aliphatic rings. The van der Waals surface area contributed by atoms with Crippen LogP contribution in [0.3, 0.4) is 0 Å². The molecule has 3 heterocycles. The van der Waals surface area contributed by atoms with Crippen molar-refractivity contribution < 1.29 is 19.1 Å². The smallest absolute Gasteiger partial charge is 0.332 e. The van der Waals surface area contributed by atoms with E-state index in [0.29, 0.717) is 0 Å². The highest BCUT2D eigenvalue weighted by Crippen LogP contribution is 2.27. The molecule has 11 nitrogen and oxygen atoms in total. The summed E-state index contributed by atoms with van der Waals surface area (Å²) in [6.45, 7) is 3.43. The first-order valence-corrected chi connectivity index (χ1v) is 10.4. The van der Waals surface area contributed by atoms with Gasteiger partial charge in [-0.15, -0.1) is 0 Å². The third-order valence-electron chi connectivity index (χ3n) is 5.77. The van der Waals surface area contributed by atoms with E-state index in [2.05, 4.69) is 4.98 Å². The van der Waals surface area contributed by atoms with Gasteiger partial charge < -0.3 is 9.30 Å². The molecular weight excluding hydrogens is 430 g/mol. The van der Waals surface area contributed by atoms with Crippen molar-refractivity contribution in [3.05, 3.63) is 62.6 Å². The summed E-state index contributed by atoms with van der Waals surface area (Å²) >= 11 is 0. The molecule has 0 N–H and O–H groups in total. The molecule has 0 bridgehead atoms. The Morgan fingerprint density at radius 3 is 2.18 bits per heavy atom. The minimum Gasteiger partial charge on any atom is -0.462 e. The number of nitrogens with zero attached hydrogens (tertiary/aromatic N) is 5. The van der Waals surface area contributed by atoms with Crippen molar-refractivity contribution in [2.24, 2.45) is 20.0 Å². The highest BCUT2D eigenvalue weighted by molar-refractivity contribution is 6.22. The van der Waals surface area contributed by atoms with Gasteiger partial charge in [-0.2, -0.15) is 0 Å². The number of hydrogen-bond acceptors (Lipinski definition) is 7. The third-order valence-corrected chi connectivity index (χ3v) is 5.77. The summed E-state index contributed by atoms with van der Waals surface area (Å²) in [6, 6.07) is 5.33. The van der Waals surface area contributed by atoms with Crippen LogP contribution < -0.4 is 11.2 Å². The van der Waals surface area contributed by atoms with Crippen LogP contribution in [0.2, 0.25) is 0 Å². The number of hydrogen-bond donors (Lipinski definition) is 0. The van der Waals surface area contributed by atoms with Crippen LogP contribution in [0.1, 0.15) is 34.6 Å². The number of benzene rings is 1. The zero-order chi connectivity index (χ0) is 24.0. The molecule has 0 spiro atoms. The fourth-order valence-corrected chi connectivity index (χ4v) is 4.03. The Balaban J connectivity index is 1.53. The quantitative estimate of drug-likeness (QED) is 0.388. The number of aryl methyl sites for hydroxylation is 1. The van der Waals surface area contributed by atoms with Crippen LogP contribution in [0.4, 0.5) is 0 Å². The van der Waals surface area contributed by atoms with Crippen LogP contribution in [-0.2, 0) is 30.2 Å². The molecule has 2 aromatic heterocycles. The van der Waals surface area contributed by atoms with E-state index in [4.69, 9.17) is 4.74 Å². The summed E-state index contributed by atoms with van der Waals surface area (Å²) in [5.41, 5.74) is -0.0654. The summed E-state index contributed by atoms with van der Waals surface area (Å²) in [5, 5.41) is 0. The molecular formula is C22H23N5O6. The van der Waals surface area contributed by atoms with Gasteiger partial charge in [0, 0.05) is 14.1 Å². The first-order chi connectivity index (χ1) is 15.6. The van der Waals surface area contributed by atoms with Gasteiger partial charge in [0.05, 0.1) is 24.0 Å². The number of carbonyl (C=O) groups excluding carboxylic acids is 3. The number of rotatable bonds is 6. The predicted molar refractivity (Wildman–Crippen MR) is 117 cm³/mol. The van der Waals surface area contributed by atoms with Crippen LogP contribution in [0.25, 0.3) is 11.2 Å². The molecule has 0 fully saturated rings. The molecule has 2 amide bonds. The zero-order valence-electron chi connectivity index (χ0n) is 18.6. The van der Waals surface area contributed by atoms with Crippen molar-refractivity contribution in [1.82, 2.24) is 23.6 Å². The van der Waals surface area contributed by atoms with Crippen molar-refractivity contribution in [2.45, 2.75) is 26.4 Å². The fraction of sp³-hybridized carbons (Fsp3) is 0.364. The van der Waals surface area contributed by atoms with Crippen molar-refractivity contribution in [2.75, 3.05) is 6.61 Å². The minimum atomic E-state index is -1.09. The maximum Gasteiger partial charge on any atom is 0.332 e. The molecule has 0 saturated carbocycles. The number of imide groups is 1. The zero-order valence-corrected chi connectivity index (χ0v) is 18.6. The van der Waals surface area contributed by atoms with E-state index in [1.54, 1.807) is 38.1 Å². The predicted octanol–water partition coefficient (Wildman–Crippen LogP) is 0.298. The molecule has 172 valence electrons. The summed E-state index contributed by atoms with van der Waals surface area (Å²) < 4.78 is 9.14. The van der Waals surface area contributed by atoms with E-state index in [0.717, 1.165) is 9.47 Å². The van der Waals surface area contributed by atoms with Crippen molar-refractivity contribution in [3.8, 4) is 0 Å². The first-order valence-electron chi connectivity index (χ1n) is 10.4. The van der Waals surface area contributed by atoms with Crippen molar-refractivity contribution in [3.63, 3.8) is 0 Å². The van der Waals surface area contributed by atoms with Gasteiger partial charge in [-0.25, -0.2) is 14.6 Å². The first kappa shape index (κ1) is 22.2. The van der Waals surface area contributed by atoms with Crippen LogP contribution in [-0.4, -0.2) is 54.0 Å². The number of carbonyl (C=O) groups is 3. The SMILES string of the molecule is CC(C)[C@@H](C(=O)OCCn1cnc2c1c(=O)n(C)c(=O)n2C)N1C(=O)c2ccccc2C1=O. The highest BCUT2D eigenvalue weighted by atomic mass is 16.5. The molecule has 0 aliphatic carbocycles. The van der Waals surface area contributed by atoms with Gasteiger partial charge in [-0.05, 0) is 18.1 Å². The van der Waals surface area contributed by atoms with Gasteiger partial charge >= 0.3 is 11.7 Å². The Morgan fingerprint density at radius 1 is 1.00 bits per heavy atom. The molecule has 0 saturated heterocycles. The van der Waals surface area contributed by atoms with Gasteiger partial charge in [0.2, 0.25) is 0 Å². The van der Waals surface area contributed by atoms with Crippen LogP contribution in [0.15, 0.2) is 40.2 Å². The Bertz CT molecular complexity index is 1380. The molecule has 0 unspecified atom stereocenters. The number of imidazole rings is 1. The lowest BCUT2D eigenvalue weighted by atomic mass is 10.0. The standard InChI is InChI=1S/C22H23N5O6/c1-12(2)15(27-18(28)13-7-5-6-8-14(13)19(27)29)21(31)33-10-9-26-11-23-17-16(26)20(30)25(4)22(32)24(17)3/h5-8,11-12,15H,9-10H2,1-4H3/t15-/m0/s1. The molecule has 3 aromatic rings. The maximum absolute atomic E-state index is 12.9. The van der Waals surface area contributed by atoms with Crippen LogP contribution in [0, 0.1) is 5.92 Å². The number of ether oxygens (including phenoxy) is 1. The van der Waals surface area contributed by atoms with Gasteiger partial charge in [0.1, 0.15) is 12.6 Å². The minimum absolute atomic E-state index is 0.0998. The van der Waals surface area contributed by atoms with Gasteiger partial charge in [0.15, 0.2) is 11.2 Å². The number of fused-ring (bicyclic) bond motifs is 2. The van der Waals surface area contributed by atoms with Crippen molar-refractivity contribution in [1.29, 1.82) is 0 Å². The average molecular weight is 453 g/mol. The Kier molecular flexibility index (Phi) is 5.48. The van der Waals surface area contributed by atoms with E-state index in [9.17, 15) is 24.0 Å². The summed E-state index contributed by atoms with van der Waals surface area (Å²) in [7, 11) is 2.88. The van der Waals surface area contributed by atoms with E-state index >= 15 is 0 Å². The Hall–Kier alpha value is -4.02. The summed E-state index contributed by atoms with van der Waals surface area (Å²) in [6.07, 6.45) is 1.39. The number of amides is 2. The van der Waals surface area contributed by atoms with E-state index in [-0.39, 0.29) is 41.4 Å². The van der Waals surface area contributed by atoms with Crippen LogP contribution in [0.5, 0.6) is 0 Å². The molecule has 1 aliphatic heterocycles. The summed E-state index contributed by atoms with van der Waals surface area (Å²) in [5.74, 6) is -2.16. The lowest BCUT2D eigenvalue weighted by Crippen LogP contribution is -2.48. The Labute approximate surface area is 187 Å². The number of aromatic nitrogens is 4. The van der Waals surface area contributed by atoms with Gasteiger partial charge in [-0.1, -0.05) is 26.0 Å². The second-order valence-electron chi connectivity index (χ2n) is 8.20. The molecule has 0 radical (unpaired) electrons. The largest absolute Gasteiger partial charge is 0.462 e. The average Bonchev–Trinajstić information content (AvgIpc) is 3.32. The Morgan fingerprint density at radius 2 is 1.61 bits per heavy atom. The van der Waals surface area contributed by atoms with Crippen LogP contribution >= 0.6 is 0 Å². The molecule has 4 rings (SSSR count).